The van der Waals surface area contributed by atoms with Crippen LogP contribution in [0.15, 0.2) is 6.07 Å². The van der Waals surface area contributed by atoms with E-state index in [1.54, 1.807) is 4.68 Å². The quantitative estimate of drug-likeness (QED) is 0.894. The molecule has 0 radical (unpaired) electrons. The Morgan fingerprint density at radius 3 is 2.64 bits per heavy atom. The Kier molecular flexibility index (Phi) is 5.13. The molecule has 0 saturated carbocycles. The SMILES string of the molecule is Cc1cc(C)nc(-n2nc(C)c(CC(=O)NC[C@@H]3CCCO3)c2C)n1. The molecule has 1 saturated heterocycles. The molecular weight excluding hydrogens is 318 g/mol. The van der Waals surface area contributed by atoms with E-state index in [2.05, 4.69) is 20.4 Å². The van der Waals surface area contributed by atoms with Gasteiger partial charge in [-0.25, -0.2) is 14.6 Å². The van der Waals surface area contributed by atoms with Crippen LogP contribution in [0.3, 0.4) is 0 Å². The Labute approximate surface area is 147 Å². The summed E-state index contributed by atoms with van der Waals surface area (Å²) >= 11 is 0. The third-order valence-electron chi connectivity index (χ3n) is 4.49. The van der Waals surface area contributed by atoms with Crippen LogP contribution in [-0.2, 0) is 16.0 Å². The first-order valence-electron chi connectivity index (χ1n) is 8.70. The Balaban J connectivity index is 1.74. The van der Waals surface area contributed by atoms with E-state index in [0.717, 1.165) is 47.8 Å². The van der Waals surface area contributed by atoms with Gasteiger partial charge in [0.15, 0.2) is 0 Å². The van der Waals surface area contributed by atoms with Crippen molar-refractivity contribution in [2.24, 2.45) is 0 Å². The number of aryl methyl sites for hydroxylation is 3. The molecule has 0 spiro atoms. The maximum Gasteiger partial charge on any atom is 0.251 e. The Morgan fingerprint density at radius 1 is 1.28 bits per heavy atom. The van der Waals surface area contributed by atoms with Crippen LogP contribution in [-0.4, -0.2) is 44.9 Å². The van der Waals surface area contributed by atoms with Crippen molar-refractivity contribution in [2.75, 3.05) is 13.2 Å². The first-order chi connectivity index (χ1) is 11.9. The topological polar surface area (TPSA) is 81.9 Å². The van der Waals surface area contributed by atoms with Crippen molar-refractivity contribution in [2.45, 2.75) is 53.1 Å². The molecule has 0 bridgehead atoms. The second-order valence-corrected chi connectivity index (χ2v) is 6.63. The van der Waals surface area contributed by atoms with E-state index in [1.165, 1.54) is 0 Å². The fraction of sp³-hybridized carbons (Fsp3) is 0.556. The van der Waals surface area contributed by atoms with Gasteiger partial charge in [0, 0.05) is 35.8 Å². The third-order valence-corrected chi connectivity index (χ3v) is 4.49. The van der Waals surface area contributed by atoms with Crippen molar-refractivity contribution < 1.29 is 9.53 Å². The number of hydrogen-bond acceptors (Lipinski definition) is 5. The van der Waals surface area contributed by atoms with Crippen LogP contribution in [0, 0.1) is 27.7 Å². The molecule has 2 aromatic rings. The zero-order chi connectivity index (χ0) is 18.0. The van der Waals surface area contributed by atoms with Crippen LogP contribution in [0.5, 0.6) is 0 Å². The summed E-state index contributed by atoms with van der Waals surface area (Å²) in [6, 6.07) is 1.93. The fourth-order valence-corrected chi connectivity index (χ4v) is 3.18. The first-order valence-corrected chi connectivity index (χ1v) is 8.70. The normalized spacial score (nSPS) is 17.0. The van der Waals surface area contributed by atoms with Crippen LogP contribution in [0.4, 0.5) is 0 Å². The Bertz CT molecular complexity index is 758. The van der Waals surface area contributed by atoms with Crippen molar-refractivity contribution in [3.05, 3.63) is 34.4 Å². The van der Waals surface area contributed by atoms with Crippen molar-refractivity contribution >= 4 is 5.91 Å². The Morgan fingerprint density at radius 2 is 2.00 bits per heavy atom. The summed E-state index contributed by atoms with van der Waals surface area (Å²) in [6.07, 6.45) is 2.54. The van der Waals surface area contributed by atoms with E-state index >= 15 is 0 Å². The monoisotopic (exact) mass is 343 g/mol. The number of nitrogens with one attached hydrogen (secondary N) is 1. The van der Waals surface area contributed by atoms with Crippen molar-refractivity contribution in [1.29, 1.82) is 0 Å². The van der Waals surface area contributed by atoms with E-state index in [4.69, 9.17) is 4.74 Å². The zero-order valence-corrected chi connectivity index (χ0v) is 15.3. The molecule has 1 aliphatic heterocycles. The molecule has 25 heavy (non-hydrogen) atoms. The third kappa shape index (κ3) is 4.04. The van der Waals surface area contributed by atoms with Crippen LogP contribution in [0.2, 0.25) is 0 Å². The van der Waals surface area contributed by atoms with Gasteiger partial charge in [0.1, 0.15) is 0 Å². The summed E-state index contributed by atoms with van der Waals surface area (Å²) in [5.41, 5.74) is 4.44. The van der Waals surface area contributed by atoms with Crippen LogP contribution in [0.1, 0.15) is 41.2 Å². The van der Waals surface area contributed by atoms with Gasteiger partial charge < -0.3 is 10.1 Å². The van der Waals surface area contributed by atoms with Crippen LogP contribution in [0.25, 0.3) is 5.95 Å². The van der Waals surface area contributed by atoms with Gasteiger partial charge >= 0.3 is 0 Å². The van der Waals surface area contributed by atoms with E-state index in [1.807, 2.05) is 33.8 Å². The number of aromatic nitrogens is 4. The molecule has 7 nitrogen and oxygen atoms in total. The largest absolute Gasteiger partial charge is 0.376 e. The summed E-state index contributed by atoms with van der Waals surface area (Å²) in [7, 11) is 0. The summed E-state index contributed by atoms with van der Waals surface area (Å²) < 4.78 is 7.26. The summed E-state index contributed by atoms with van der Waals surface area (Å²) in [5, 5.41) is 7.50. The fourth-order valence-electron chi connectivity index (χ4n) is 3.18. The van der Waals surface area contributed by atoms with Gasteiger partial charge in [0.25, 0.3) is 5.95 Å². The molecule has 1 amide bonds. The molecule has 1 aliphatic rings. The molecule has 3 heterocycles. The van der Waals surface area contributed by atoms with Gasteiger partial charge in [-0.2, -0.15) is 5.10 Å². The van der Waals surface area contributed by atoms with E-state index in [0.29, 0.717) is 18.9 Å². The van der Waals surface area contributed by atoms with Crippen LogP contribution >= 0.6 is 0 Å². The summed E-state index contributed by atoms with van der Waals surface area (Å²) in [4.78, 5) is 21.2. The standard InChI is InChI=1S/C18H25N5O2/c1-11-8-12(2)21-18(20-11)23-14(4)16(13(3)22-23)9-17(24)19-10-15-6-5-7-25-15/h8,15H,5-7,9-10H2,1-4H3,(H,19,24)/t15-/m0/s1. The molecule has 1 fully saturated rings. The molecule has 134 valence electrons. The molecule has 0 aliphatic carbocycles. The lowest BCUT2D eigenvalue weighted by Gasteiger charge is -2.11. The van der Waals surface area contributed by atoms with Gasteiger partial charge in [-0.3, -0.25) is 4.79 Å². The van der Waals surface area contributed by atoms with Gasteiger partial charge in [-0.05, 0) is 46.6 Å². The van der Waals surface area contributed by atoms with Gasteiger partial charge in [-0.1, -0.05) is 0 Å². The summed E-state index contributed by atoms with van der Waals surface area (Å²) in [5.74, 6) is 0.534. The minimum atomic E-state index is -0.0115. The predicted octanol–water partition coefficient (Wildman–Crippen LogP) is 1.73. The average Bonchev–Trinajstić information content (AvgIpc) is 3.15. The number of carbonyl (C=O) groups excluding carboxylic acids is 1. The highest BCUT2D eigenvalue weighted by atomic mass is 16.5. The molecule has 7 heteroatoms. The van der Waals surface area contributed by atoms with Crippen molar-refractivity contribution in [1.82, 2.24) is 25.1 Å². The van der Waals surface area contributed by atoms with Gasteiger partial charge in [-0.15, -0.1) is 0 Å². The van der Waals surface area contributed by atoms with Gasteiger partial charge in [0.05, 0.1) is 18.2 Å². The highest BCUT2D eigenvalue weighted by Gasteiger charge is 2.19. The lowest BCUT2D eigenvalue weighted by atomic mass is 10.1. The molecular formula is C18H25N5O2. The second-order valence-electron chi connectivity index (χ2n) is 6.63. The molecule has 0 aromatic carbocycles. The number of hydrogen-bond donors (Lipinski definition) is 1. The number of amides is 1. The highest BCUT2D eigenvalue weighted by molar-refractivity contribution is 5.79. The van der Waals surface area contributed by atoms with E-state index < -0.39 is 0 Å². The Hall–Kier alpha value is -2.28. The maximum absolute atomic E-state index is 12.3. The smallest absolute Gasteiger partial charge is 0.251 e. The molecule has 2 aromatic heterocycles. The predicted molar refractivity (Wildman–Crippen MR) is 93.8 cm³/mol. The average molecular weight is 343 g/mol. The number of ether oxygens (including phenoxy) is 1. The molecule has 1 N–H and O–H groups in total. The van der Waals surface area contributed by atoms with Gasteiger partial charge in [0.2, 0.25) is 5.91 Å². The second kappa shape index (κ2) is 7.31. The lowest BCUT2D eigenvalue weighted by Crippen LogP contribution is -2.33. The minimum absolute atomic E-state index is 0.0115. The van der Waals surface area contributed by atoms with Crippen molar-refractivity contribution in [3.63, 3.8) is 0 Å². The lowest BCUT2D eigenvalue weighted by molar-refractivity contribution is -0.120. The van der Waals surface area contributed by atoms with E-state index in [-0.39, 0.29) is 12.0 Å². The number of nitrogens with zero attached hydrogens (tertiary/aromatic N) is 4. The number of carbonyl (C=O) groups is 1. The molecule has 0 unspecified atom stereocenters. The highest BCUT2D eigenvalue weighted by Crippen LogP contribution is 2.17. The minimum Gasteiger partial charge on any atom is -0.376 e. The maximum atomic E-state index is 12.3. The summed E-state index contributed by atoms with van der Waals surface area (Å²) in [6.45, 7) is 9.10. The molecule has 3 rings (SSSR count). The molecule has 1 atom stereocenters. The first kappa shape index (κ1) is 17.5. The van der Waals surface area contributed by atoms with Crippen molar-refractivity contribution in [3.8, 4) is 5.95 Å². The van der Waals surface area contributed by atoms with Crippen LogP contribution < -0.4 is 5.32 Å². The number of rotatable bonds is 5. The van der Waals surface area contributed by atoms with E-state index in [9.17, 15) is 4.79 Å². The zero-order valence-electron chi connectivity index (χ0n) is 15.3.